The van der Waals surface area contributed by atoms with Crippen LogP contribution >= 0.6 is 0 Å². The first-order chi connectivity index (χ1) is 8.50. The molecule has 0 atom stereocenters. The van der Waals surface area contributed by atoms with Gasteiger partial charge in [0.2, 0.25) is 5.83 Å². The Morgan fingerprint density at radius 2 is 1.56 bits per heavy atom. The molecule has 1 aliphatic carbocycles. The third-order valence-corrected chi connectivity index (χ3v) is 3.33. The van der Waals surface area contributed by atoms with Gasteiger partial charge in [0.1, 0.15) is 0 Å². The number of alkyl halides is 3. The van der Waals surface area contributed by atoms with E-state index in [4.69, 9.17) is 0 Å². The van der Waals surface area contributed by atoms with Crippen LogP contribution in [-0.2, 0) is 0 Å². The molecule has 0 unspecified atom stereocenters. The van der Waals surface area contributed by atoms with Crippen LogP contribution in [-0.4, -0.2) is 6.18 Å². The van der Waals surface area contributed by atoms with Crippen molar-refractivity contribution in [2.75, 3.05) is 0 Å². The zero-order chi connectivity index (χ0) is 13.2. The molecule has 0 aromatic heterocycles. The van der Waals surface area contributed by atoms with Crippen LogP contribution in [0.3, 0.4) is 0 Å². The Labute approximate surface area is 103 Å². The van der Waals surface area contributed by atoms with E-state index in [1.165, 1.54) is 0 Å². The standard InChI is InChI=1S/C14H14F4/c15-13(14(16,17)18)12(11-8-4-5-9-11)10-6-2-1-3-7-10/h1-3,6-7,11H,4-5,8-9H2/b13-12+. The summed E-state index contributed by atoms with van der Waals surface area (Å²) in [5.74, 6) is -2.24. The van der Waals surface area contributed by atoms with Crippen LogP contribution in [0.25, 0.3) is 5.57 Å². The lowest BCUT2D eigenvalue weighted by Crippen LogP contribution is -2.13. The molecule has 0 saturated heterocycles. The molecule has 1 saturated carbocycles. The summed E-state index contributed by atoms with van der Waals surface area (Å²) in [6.07, 6.45) is -1.90. The average molecular weight is 258 g/mol. The quantitative estimate of drug-likeness (QED) is 0.646. The molecule has 98 valence electrons. The Bertz CT molecular complexity index is 425. The SMILES string of the molecule is F/C(=C(\c1ccccc1)C1CCCC1)C(F)(F)F. The van der Waals surface area contributed by atoms with Crippen molar-refractivity contribution in [1.82, 2.24) is 0 Å². The van der Waals surface area contributed by atoms with E-state index in [0.29, 0.717) is 18.4 Å². The van der Waals surface area contributed by atoms with E-state index in [2.05, 4.69) is 0 Å². The predicted molar refractivity (Wildman–Crippen MR) is 62.5 cm³/mol. The molecule has 18 heavy (non-hydrogen) atoms. The number of hydrogen-bond acceptors (Lipinski definition) is 0. The van der Waals surface area contributed by atoms with E-state index in [1.807, 2.05) is 0 Å². The summed E-state index contributed by atoms with van der Waals surface area (Å²) in [5, 5.41) is 0. The third-order valence-electron chi connectivity index (χ3n) is 3.33. The maximum atomic E-state index is 13.7. The fourth-order valence-electron chi connectivity index (χ4n) is 2.53. The molecule has 1 aliphatic rings. The molecule has 0 heterocycles. The number of rotatable bonds is 2. The topological polar surface area (TPSA) is 0 Å². The van der Waals surface area contributed by atoms with Crippen LogP contribution in [0.15, 0.2) is 36.2 Å². The van der Waals surface area contributed by atoms with Gasteiger partial charge in [-0.15, -0.1) is 0 Å². The first kappa shape index (κ1) is 13.1. The zero-order valence-electron chi connectivity index (χ0n) is 9.80. The Kier molecular flexibility index (Phi) is 3.73. The summed E-state index contributed by atoms with van der Waals surface area (Å²) in [4.78, 5) is 0. The minimum atomic E-state index is -4.90. The van der Waals surface area contributed by atoms with Crippen molar-refractivity contribution < 1.29 is 17.6 Å². The molecule has 0 amide bonds. The number of allylic oxidation sites excluding steroid dienone is 2. The van der Waals surface area contributed by atoms with Crippen molar-refractivity contribution in [2.45, 2.75) is 31.9 Å². The van der Waals surface area contributed by atoms with Crippen LogP contribution < -0.4 is 0 Å². The van der Waals surface area contributed by atoms with Crippen molar-refractivity contribution in [2.24, 2.45) is 5.92 Å². The van der Waals surface area contributed by atoms with Crippen molar-refractivity contribution >= 4 is 5.57 Å². The monoisotopic (exact) mass is 258 g/mol. The molecule has 1 fully saturated rings. The lowest BCUT2D eigenvalue weighted by Gasteiger charge is -2.18. The fourth-order valence-corrected chi connectivity index (χ4v) is 2.53. The first-order valence-electron chi connectivity index (χ1n) is 6.02. The van der Waals surface area contributed by atoms with Crippen LogP contribution in [0.4, 0.5) is 17.6 Å². The normalized spacial score (nSPS) is 18.9. The summed E-state index contributed by atoms with van der Waals surface area (Å²) in [6, 6.07) is 8.06. The Morgan fingerprint density at radius 3 is 2.06 bits per heavy atom. The summed E-state index contributed by atoms with van der Waals surface area (Å²) < 4.78 is 51.5. The van der Waals surface area contributed by atoms with Gasteiger partial charge in [0.05, 0.1) is 0 Å². The maximum absolute atomic E-state index is 13.7. The van der Waals surface area contributed by atoms with Crippen LogP contribution in [0, 0.1) is 5.92 Å². The van der Waals surface area contributed by atoms with Gasteiger partial charge in [-0.1, -0.05) is 43.2 Å². The summed E-state index contributed by atoms with van der Waals surface area (Å²) >= 11 is 0. The minimum absolute atomic E-state index is 0.166. The van der Waals surface area contributed by atoms with E-state index < -0.39 is 12.0 Å². The van der Waals surface area contributed by atoms with Gasteiger partial charge in [-0.3, -0.25) is 0 Å². The van der Waals surface area contributed by atoms with Crippen molar-refractivity contribution in [3.8, 4) is 0 Å². The van der Waals surface area contributed by atoms with E-state index in [1.54, 1.807) is 30.3 Å². The molecule has 0 aliphatic heterocycles. The van der Waals surface area contributed by atoms with Crippen molar-refractivity contribution in [1.29, 1.82) is 0 Å². The second-order valence-electron chi connectivity index (χ2n) is 4.57. The van der Waals surface area contributed by atoms with Crippen LogP contribution in [0.2, 0.25) is 0 Å². The molecular weight excluding hydrogens is 244 g/mol. The highest BCUT2D eigenvalue weighted by atomic mass is 19.4. The second-order valence-corrected chi connectivity index (χ2v) is 4.57. The van der Waals surface area contributed by atoms with Crippen LogP contribution in [0.1, 0.15) is 31.2 Å². The van der Waals surface area contributed by atoms with Crippen molar-refractivity contribution in [3.05, 3.63) is 41.7 Å². The molecule has 1 aromatic rings. The molecule has 0 radical (unpaired) electrons. The van der Waals surface area contributed by atoms with E-state index >= 15 is 0 Å². The molecular formula is C14H14F4. The maximum Gasteiger partial charge on any atom is 0.443 e. The molecule has 4 heteroatoms. The lowest BCUT2D eigenvalue weighted by molar-refractivity contribution is -0.108. The fraction of sp³-hybridized carbons (Fsp3) is 0.429. The van der Waals surface area contributed by atoms with Gasteiger partial charge in [0.25, 0.3) is 0 Å². The van der Waals surface area contributed by atoms with Gasteiger partial charge in [-0.25, -0.2) is 4.39 Å². The van der Waals surface area contributed by atoms with E-state index in [-0.39, 0.29) is 11.5 Å². The zero-order valence-corrected chi connectivity index (χ0v) is 9.80. The molecule has 0 nitrogen and oxygen atoms in total. The number of hydrogen-bond donors (Lipinski definition) is 0. The number of benzene rings is 1. The first-order valence-corrected chi connectivity index (χ1v) is 6.02. The van der Waals surface area contributed by atoms with Gasteiger partial charge in [-0.2, -0.15) is 13.2 Å². The van der Waals surface area contributed by atoms with Gasteiger partial charge < -0.3 is 0 Å². The van der Waals surface area contributed by atoms with E-state index in [9.17, 15) is 17.6 Å². The highest BCUT2D eigenvalue weighted by Gasteiger charge is 2.39. The Balaban J connectivity index is 2.47. The van der Waals surface area contributed by atoms with Gasteiger partial charge in [0.15, 0.2) is 0 Å². The highest BCUT2D eigenvalue weighted by molar-refractivity contribution is 5.70. The highest BCUT2D eigenvalue weighted by Crippen LogP contribution is 2.43. The third kappa shape index (κ3) is 2.74. The van der Waals surface area contributed by atoms with Crippen LogP contribution in [0.5, 0.6) is 0 Å². The predicted octanol–water partition coefficient (Wildman–Crippen LogP) is 5.12. The summed E-state index contributed by atoms with van der Waals surface area (Å²) in [5.41, 5.74) is 0.180. The summed E-state index contributed by atoms with van der Waals surface area (Å²) in [7, 11) is 0. The summed E-state index contributed by atoms with van der Waals surface area (Å²) in [6.45, 7) is 0. The average Bonchev–Trinajstić information content (AvgIpc) is 2.83. The van der Waals surface area contributed by atoms with E-state index in [0.717, 1.165) is 12.8 Å². The molecule has 0 N–H and O–H groups in total. The minimum Gasteiger partial charge on any atom is -0.201 e. The molecule has 1 aromatic carbocycles. The Hall–Kier alpha value is -1.32. The Morgan fingerprint density at radius 1 is 1.00 bits per heavy atom. The van der Waals surface area contributed by atoms with Crippen molar-refractivity contribution in [3.63, 3.8) is 0 Å². The van der Waals surface area contributed by atoms with Gasteiger partial charge in [0, 0.05) is 5.57 Å². The molecule has 0 spiro atoms. The molecule has 2 rings (SSSR count). The molecule has 0 bridgehead atoms. The lowest BCUT2D eigenvalue weighted by atomic mass is 9.90. The van der Waals surface area contributed by atoms with Gasteiger partial charge >= 0.3 is 6.18 Å². The largest absolute Gasteiger partial charge is 0.443 e. The second kappa shape index (κ2) is 5.12. The van der Waals surface area contributed by atoms with Gasteiger partial charge in [-0.05, 0) is 24.3 Å². The smallest absolute Gasteiger partial charge is 0.201 e. The number of halogens is 4.